The van der Waals surface area contributed by atoms with Gasteiger partial charge >= 0.3 is 0 Å². The fourth-order valence-electron chi connectivity index (χ4n) is 1.35. The van der Waals surface area contributed by atoms with Crippen molar-refractivity contribution in [3.63, 3.8) is 0 Å². The van der Waals surface area contributed by atoms with Gasteiger partial charge in [-0.2, -0.15) is 17.6 Å². The molecule has 7 heteroatoms. The SMILES string of the molecule is COc1ccc(Br)cc1S(=O)(=O)n1cccn1. The van der Waals surface area contributed by atoms with Crippen molar-refractivity contribution in [1.82, 2.24) is 9.19 Å². The van der Waals surface area contributed by atoms with Gasteiger partial charge in [0.2, 0.25) is 0 Å². The lowest BCUT2D eigenvalue weighted by molar-refractivity contribution is 0.402. The molecule has 5 nitrogen and oxygen atoms in total. The number of hydrogen-bond donors (Lipinski definition) is 0. The van der Waals surface area contributed by atoms with Gasteiger partial charge in [0, 0.05) is 10.7 Å². The number of methoxy groups -OCH3 is 1. The third kappa shape index (κ3) is 2.20. The molecule has 0 amide bonds. The Morgan fingerprint density at radius 2 is 2.18 bits per heavy atom. The van der Waals surface area contributed by atoms with E-state index in [-0.39, 0.29) is 10.6 Å². The van der Waals surface area contributed by atoms with E-state index in [1.165, 1.54) is 25.6 Å². The highest BCUT2D eigenvalue weighted by molar-refractivity contribution is 9.10. The first-order chi connectivity index (χ1) is 8.05. The monoisotopic (exact) mass is 316 g/mol. The van der Waals surface area contributed by atoms with Crippen molar-refractivity contribution < 1.29 is 13.2 Å². The van der Waals surface area contributed by atoms with Gasteiger partial charge in [0.25, 0.3) is 10.0 Å². The van der Waals surface area contributed by atoms with Crippen LogP contribution in [0.4, 0.5) is 0 Å². The van der Waals surface area contributed by atoms with Crippen LogP contribution < -0.4 is 4.74 Å². The standard InChI is InChI=1S/C10H9BrN2O3S/c1-16-9-4-3-8(11)7-10(9)17(14,15)13-6-2-5-12-13/h2-7H,1H3. The second-order valence-electron chi connectivity index (χ2n) is 3.18. The Kier molecular flexibility index (Phi) is 3.21. The average molecular weight is 317 g/mol. The van der Waals surface area contributed by atoms with E-state index in [4.69, 9.17) is 4.74 Å². The maximum atomic E-state index is 12.2. The molecule has 0 atom stereocenters. The minimum absolute atomic E-state index is 0.0677. The van der Waals surface area contributed by atoms with E-state index in [9.17, 15) is 8.42 Å². The van der Waals surface area contributed by atoms with Gasteiger partial charge in [-0.1, -0.05) is 15.9 Å². The van der Waals surface area contributed by atoms with Gasteiger partial charge in [0.05, 0.1) is 13.3 Å². The molecule has 0 saturated heterocycles. The zero-order valence-corrected chi connectivity index (χ0v) is 11.3. The van der Waals surface area contributed by atoms with E-state index in [1.807, 2.05) is 0 Å². The van der Waals surface area contributed by atoms with Crippen LogP contribution in [0.1, 0.15) is 0 Å². The molecule has 0 aliphatic heterocycles. The quantitative estimate of drug-likeness (QED) is 0.867. The smallest absolute Gasteiger partial charge is 0.286 e. The Bertz CT molecular complexity index is 623. The van der Waals surface area contributed by atoms with Crippen molar-refractivity contribution in [2.75, 3.05) is 7.11 Å². The van der Waals surface area contributed by atoms with E-state index in [0.29, 0.717) is 4.47 Å². The predicted molar refractivity (Wildman–Crippen MR) is 65.5 cm³/mol. The van der Waals surface area contributed by atoms with Crippen LogP contribution in [0.2, 0.25) is 0 Å². The average Bonchev–Trinajstić information content (AvgIpc) is 2.83. The van der Waals surface area contributed by atoms with Crippen LogP contribution in [0, 0.1) is 0 Å². The molecule has 2 rings (SSSR count). The van der Waals surface area contributed by atoms with Crippen LogP contribution in [0.15, 0.2) is 46.0 Å². The Balaban J connectivity index is 2.65. The second-order valence-corrected chi connectivity index (χ2v) is 5.86. The zero-order valence-electron chi connectivity index (χ0n) is 8.87. The maximum Gasteiger partial charge on any atom is 0.286 e. The van der Waals surface area contributed by atoms with Gasteiger partial charge in [-0.15, -0.1) is 0 Å². The third-order valence-electron chi connectivity index (χ3n) is 2.13. The Labute approximate surface area is 107 Å². The third-order valence-corrected chi connectivity index (χ3v) is 4.21. The Morgan fingerprint density at radius 1 is 1.41 bits per heavy atom. The Morgan fingerprint density at radius 3 is 2.76 bits per heavy atom. The molecule has 0 bridgehead atoms. The molecule has 1 aromatic heterocycles. The number of rotatable bonds is 3. The van der Waals surface area contributed by atoms with E-state index >= 15 is 0 Å². The number of hydrogen-bond acceptors (Lipinski definition) is 4. The summed E-state index contributed by atoms with van der Waals surface area (Å²) in [5.41, 5.74) is 0. The molecule has 0 unspecified atom stereocenters. The summed E-state index contributed by atoms with van der Waals surface area (Å²) in [5.74, 6) is 0.281. The molecule has 0 saturated carbocycles. The molecule has 0 aliphatic carbocycles. The summed E-state index contributed by atoms with van der Waals surface area (Å²) >= 11 is 3.23. The van der Waals surface area contributed by atoms with Gasteiger partial charge in [-0.25, -0.2) is 0 Å². The first-order valence-electron chi connectivity index (χ1n) is 4.64. The van der Waals surface area contributed by atoms with Crippen LogP contribution in [-0.4, -0.2) is 24.7 Å². The fraction of sp³-hybridized carbons (Fsp3) is 0.100. The Hall–Kier alpha value is -1.34. The van der Waals surface area contributed by atoms with Crippen molar-refractivity contribution in [2.45, 2.75) is 4.90 Å². The number of aromatic nitrogens is 2. The van der Waals surface area contributed by atoms with E-state index in [2.05, 4.69) is 21.0 Å². The summed E-state index contributed by atoms with van der Waals surface area (Å²) in [5, 5.41) is 3.73. The van der Waals surface area contributed by atoms with Crippen LogP contribution in [0.3, 0.4) is 0 Å². The van der Waals surface area contributed by atoms with Gasteiger partial charge in [-0.05, 0) is 24.3 Å². The topological polar surface area (TPSA) is 61.2 Å². The number of benzene rings is 1. The second kappa shape index (κ2) is 4.50. The van der Waals surface area contributed by atoms with Crippen LogP contribution in [-0.2, 0) is 10.0 Å². The summed E-state index contributed by atoms with van der Waals surface area (Å²) < 4.78 is 31.1. The molecule has 0 N–H and O–H groups in total. The lowest BCUT2D eigenvalue weighted by Gasteiger charge is -2.09. The highest BCUT2D eigenvalue weighted by Gasteiger charge is 2.22. The highest BCUT2D eigenvalue weighted by Crippen LogP contribution is 2.28. The summed E-state index contributed by atoms with van der Waals surface area (Å²) in [4.78, 5) is 0.0677. The molecule has 0 radical (unpaired) electrons. The number of halogens is 1. The van der Waals surface area contributed by atoms with Crippen LogP contribution in [0.5, 0.6) is 5.75 Å². The lowest BCUT2D eigenvalue weighted by atomic mass is 10.3. The first-order valence-corrected chi connectivity index (χ1v) is 6.88. The zero-order chi connectivity index (χ0) is 12.5. The fourth-order valence-corrected chi connectivity index (χ4v) is 3.15. The molecule has 90 valence electrons. The maximum absolute atomic E-state index is 12.2. The number of ether oxygens (including phenoxy) is 1. The predicted octanol–water partition coefficient (Wildman–Crippen LogP) is 1.89. The molecule has 0 fully saturated rings. The minimum atomic E-state index is -3.71. The normalized spacial score (nSPS) is 11.4. The van der Waals surface area contributed by atoms with Gasteiger partial charge in [-0.3, -0.25) is 0 Å². The summed E-state index contributed by atoms with van der Waals surface area (Å²) in [7, 11) is -2.29. The van der Waals surface area contributed by atoms with Crippen molar-refractivity contribution in [3.8, 4) is 5.75 Å². The van der Waals surface area contributed by atoms with Crippen LogP contribution >= 0.6 is 15.9 Å². The molecular weight excluding hydrogens is 308 g/mol. The molecular formula is C10H9BrN2O3S. The van der Waals surface area contributed by atoms with Gasteiger partial charge in [0.15, 0.2) is 0 Å². The van der Waals surface area contributed by atoms with E-state index in [0.717, 1.165) is 4.09 Å². The van der Waals surface area contributed by atoms with Gasteiger partial charge < -0.3 is 4.74 Å². The van der Waals surface area contributed by atoms with Crippen molar-refractivity contribution in [2.24, 2.45) is 0 Å². The summed E-state index contributed by atoms with van der Waals surface area (Å²) in [6.07, 6.45) is 2.78. The highest BCUT2D eigenvalue weighted by atomic mass is 79.9. The van der Waals surface area contributed by atoms with Crippen molar-refractivity contribution >= 4 is 26.0 Å². The summed E-state index contributed by atoms with van der Waals surface area (Å²) in [6.45, 7) is 0. The minimum Gasteiger partial charge on any atom is -0.495 e. The molecule has 0 spiro atoms. The molecule has 0 aliphatic rings. The largest absolute Gasteiger partial charge is 0.495 e. The molecule has 1 heterocycles. The molecule has 17 heavy (non-hydrogen) atoms. The first kappa shape index (κ1) is 12.1. The lowest BCUT2D eigenvalue weighted by Crippen LogP contribution is -2.14. The van der Waals surface area contributed by atoms with Gasteiger partial charge in [0.1, 0.15) is 10.6 Å². The van der Waals surface area contributed by atoms with Crippen molar-refractivity contribution in [1.29, 1.82) is 0 Å². The van der Waals surface area contributed by atoms with Crippen molar-refractivity contribution in [3.05, 3.63) is 41.1 Å². The number of nitrogens with zero attached hydrogens (tertiary/aromatic N) is 2. The van der Waals surface area contributed by atoms with Crippen LogP contribution in [0.25, 0.3) is 0 Å². The van der Waals surface area contributed by atoms with E-state index in [1.54, 1.807) is 18.2 Å². The summed E-state index contributed by atoms with van der Waals surface area (Å²) in [6, 6.07) is 6.32. The molecule has 2 aromatic rings. The van der Waals surface area contributed by atoms with E-state index < -0.39 is 10.0 Å². The molecule has 1 aromatic carbocycles.